The van der Waals surface area contributed by atoms with E-state index in [-0.39, 0.29) is 22.8 Å². The number of thiophene rings is 1. The molecule has 9 heteroatoms. The summed E-state index contributed by atoms with van der Waals surface area (Å²) >= 11 is 1.61. The lowest BCUT2D eigenvalue weighted by molar-refractivity contribution is -0.126. The minimum absolute atomic E-state index is 0.0194. The number of carbonyl (C=O) groups excluding carboxylic acids is 1. The van der Waals surface area contributed by atoms with E-state index in [4.69, 9.17) is 9.47 Å². The van der Waals surface area contributed by atoms with Crippen LogP contribution in [0.1, 0.15) is 30.7 Å². The Labute approximate surface area is 175 Å². The molecule has 1 aliphatic heterocycles. The van der Waals surface area contributed by atoms with E-state index in [1.54, 1.807) is 17.4 Å². The largest absolute Gasteiger partial charge is 0.493 e. The van der Waals surface area contributed by atoms with Crippen LogP contribution >= 0.6 is 11.3 Å². The van der Waals surface area contributed by atoms with Crippen molar-refractivity contribution in [1.29, 1.82) is 0 Å². The van der Waals surface area contributed by atoms with Gasteiger partial charge in [0, 0.05) is 30.0 Å². The SMILES string of the molecule is COc1ccc(S(=O)(=O)N2CCC(C(=O)NC(C)c3cccs3)CC2)cc1OC. The highest BCUT2D eigenvalue weighted by molar-refractivity contribution is 7.89. The van der Waals surface area contributed by atoms with E-state index in [1.165, 1.54) is 30.7 Å². The van der Waals surface area contributed by atoms with Gasteiger partial charge in [0.05, 0.1) is 25.2 Å². The van der Waals surface area contributed by atoms with Gasteiger partial charge in [-0.05, 0) is 43.3 Å². The third kappa shape index (κ3) is 4.73. The minimum atomic E-state index is -3.66. The van der Waals surface area contributed by atoms with Gasteiger partial charge in [-0.2, -0.15) is 4.31 Å². The molecule has 2 heterocycles. The fourth-order valence-electron chi connectivity index (χ4n) is 3.42. The van der Waals surface area contributed by atoms with Crippen molar-refractivity contribution < 1.29 is 22.7 Å². The molecule has 7 nitrogen and oxygen atoms in total. The standard InChI is InChI=1S/C20H26N2O5S2/c1-14(19-5-4-12-28-19)21-20(23)15-8-10-22(11-9-15)29(24,25)16-6-7-17(26-2)18(13-16)27-3/h4-7,12-15H,8-11H2,1-3H3,(H,21,23). The highest BCUT2D eigenvalue weighted by Crippen LogP contribution is 2.32. The predicted octanol–water partition coefficient (Wildman–Crippen LogP) is 3.04. The topological polar surface area (TPSA) is 84.9 Å². The Morgan fingerprint density at radius 1 is 1.17 bits per heavy atom. The van der Waals surface area contributed by atoms with Crippen LogP contribution < -0.4 is 14.8 Å². The summed E-state index contributed by atoms with van der Waals surface area (Å²) in [6, 6.07) is 8.47. The molecular formula is C20H26N2O5S2. The van der Waals surface area contributed by atoms with Crippen molar-refractivity contribution in [2.45, 2.75) is 30.7 Å². The molecule has 1 fully saturated rings. The van der Waals surface area contributed by atoms with Gasteiger partial charge in [-0.25, -0.2) is 8.42 Å². The van der Waals surface area contributed by atoms with Gasteiger partial charge in [-0.3, -0.25) is 4.79 Å². The molecule has 0 spiro atoms. The van der Waals surface area contributed by atoms with Gasteiger partial charge in [-0.15, -0.1) is 11.3 Å². The molecule has 1 aromatic heterocycles. The molecule has 1 N–H and O–H groups in total. The number of nitrogens with zero attached hydrogens (tertiary/aromatic N) is 1. The van der Waals surface area contributed by atoms with Crippen LogP contribution in [0.4, 0.5) is 0 Å². The maximum absolute atomic E-state index is 13.0. The van der Waals surface area contributed by atoms with Gasteiger partial charge in [0.1, 0.15) is 0 Å². The normalized spacial score (nSPS) is 16.9. The minimum Gasteiger partial charge on any atom is -0.493 e. The molecule has 1 aliphatic rings. The first-order chi connectivity index (χ1) is 13.9. The van der Waals surface area contributed by atoms with E-state index in [0.29, 0.717) is 37.4 Å². The van der Waals surface area contributed by atoms with Crippen molar-refractivity contribution >= 4 is 27.3 Å². The number of hydrogen-bond donors (Lipinski definition) is 1. The molecule has 1 amide bonds. The van der Waals surface area contributed by atoms with Crippen LogP contribution in [0.3, 0.4) is 0 Å². The lowest BCUT2D eigenvalue weighted by Crippen LogP contribution is -2.43. The summed E-state index contributed by atoms with van der Waals surface area (Å²) in [4.78, 5) is 13.8. The first-order valence-corrected chi connectivity index (χ1v) is 11.7. The molecule has 2 aromatic rings. The van der Waals surface area contributed by atoms with Crippen LogP contribution in [0.15, 0.2) is 40.6 Å². The molecule has 1 saturated heterocycles. The van der Waals surface area contributed by atoms with E-state index in [1.807, 2.05) is 24.4 Å². The van der Waals surface area contributed by atoms with Crippen molar-refractivity contribution in [1.82, 2.24) is 9.62 Å². The second-order valence-electron chi connectivity index (χ2n) is 6.94. The molecule has 0 bridgehead atoms. The zero-order valence-electron chi connectivity index (χ0n) is 16.8. The third-order valence-corrected chi connectivity index (χ3v) is 8.10. The molecule has 1 aromatic carbocycles. The zero-order valence-corrected chi connectivity index (χ0v) is 18.4. The van der Waals surface area contributed by atoms with Crippen molar-refractivity contribution in [3.8, 4) is 11.5 Å². The number of methoxy groups -OCH3 is 2. The van der Waals surface area contributed by atoms with Crippen molar-refractivity contribution in [2.75, 3.05) is 27.3 Å². The summed E-state index contributed by atoms with van der Waals surface area (Å²) in [7, 11) is -0.691. The average molecular weight is 439 g/mol. The fourth-order valence-corrected chi connectivity index (χ4v) is 5.64. The Kier molecular flexibility index (Phi) is 6.81. The maximum atomic E-state index is 13.0. The summed E-state index contributed by atoms with van der Waals surface area (Å²) in [5.41, 5.74) is 0. The second kappa shape index (κ2) is 9.15. The van der Waals surface area contributed by atoms with Gasteiger partial charge >= 0.3 is 0 Å². The Balaban J connectivity index is 1.63. The first kappa shape index (κ1) is 21.6. The van der Waals surface area contributed by atoms with Crippen molar-refractivity contribution in [3.05, 3.63) is 40.6 Å². The molecule has 158 valence electrons. The highest BCUT2D eigenvalue weighted by atomic mass is 32.2. The van der Waals surface area contributed by atoms with E-state index >= 15 is 0 Å². The first-order valence-electron chi connectivity index (χ1n) is 9.42. The molecule has 1 atom stereocenters. The monoisotopic (exact) mass is 438 g/mol. The highest BCUT2D eigenvalue weighted by Gasteiger charge is 2.33. The summed E-state index contributed by atoms with van der Waals surface area (Å²) in [5, 5.41) is 5.02. The van der Waals surface area contributed by atoms with Crippen LogP contribution in [0, 0.1) is 5.92 Å². The summed E-state index contributed by atoms with van der Waals surface area (Å²) in [5.74, 6) is 0.635. The van der Waals surface area contributed by atoms with E-state index in [0.717, 1.165) is 4.88 Å². The Morgan fingerprint density at radius 2 is 1.86 bits per heavy atom. The number of carbonyl (C=O) groups is 1. The van der Waals surface area contributed by atoms with Crippen LogP contribution in [0.5, 0.6) is 11.5 Å². The number of nitrogens with one attached hydrogen (secondary N) is 1. The lowest BCUT2D eigenvalue weighted by atomic mass is 9.97. The van der Waals surface area contributed by atoms with Gasteiger partial charge in [0.15, 0.2) is 11.5 Å². The van der Waals surface area contributed by atoms with Gasteiger partial charge in [0.2, 0.25) is 15.9 Å². The number of rotatable bonds is 7. The molecule has 3 rings (SSSR count). The Hall–Kier alpha value is -2.10. The lowest BCUT2D eigenvalue weighted by Gasteiger charge is -2.31. The van der Waals surface area contributed by atoms with Crippen molar-refractivity contribution in [2.24, 2.45) is 5.92 Å². The van der Waals surface area contributed by atoms with Crippen LogP contribution in [0.2, 0.25) is 0 Å². The molecule has 0 radical (unpaired) electrons. The number of hydrogen-bond acceptors (Lipinski definition) is 6. The molecule has 0 saturated carbocycles. The van der Waals surface area contributed by atoms with Crippen molar-refractivity contribution in [3.63, 3.8) is 0 Å². The Bertz CT molecular complexity index is 936. The van der Waals surface area contributed by atoms with Gasteiger partial charge in [-0.1, -0.05) is 6.07 Å². The van der Waals surface area contributed by atoms with Gasteiger partial charge < -0.3 is 14.8 Å². The van der Waals surface area contributed by atoms with Crippen LogP contribution in [0.25, 0.3) is 0 Å². The van der Waals surface area contributed by atoms with E-state index in [9.17, 15) is 13.2 Å². The molecule has 29 heavy (non-hydrogen) atoms. The summed E-state index contributed by atoms with van der Waals surface area (Å²) in [6.07, 6.45) is 0.991. The quantitative estimate of drug-likeness (QED) is 0.718. The maximum Gasteiger partial charge on any atom is 0.243 e. The number of sulfonamides is 1. The van der Waals surface area contributed by atoms with E-state index in [2.05, 4.69) is 5.32 Å². The third-order valence-electron chi connectivity index (χ3n) is 5.15. The number of amides is 1. The number of benzene rings is 1. The molecule has 0 aliphatic carbocycles. The molecular weight excluding hydrogens is 412 g/mol. The molecule has 1 unspecified atom stereocenters. The number of ether oxygens (including phenoxy) is 2. The summed E-state index contributed by atoms with van der Waals surface area (Å²) in [6.45, 7) is 2.57. The number of piperidine rings is 1. The van der Waals surface area contributed by atoms with E-state index < -0.39 is 10.0 Å². The van der Waals surface area contributed by atoms with Gasteiger partial charge in [0.25, 0.3) is 0 Å². The fraction of sp³-hybridized carbons (Fsp3) is 0.450. The zero-order chi connectivity index (χ0) is 21.0. The van der Waals surface area contributed by atoms with Crippen LogP contribution in [-0.2, 0) is 14.8 Å². The smallest absolute Gasteiger partial charge is 0.243 e. The Morgan fingerprint density at radius 3 is 2.45 bits per heavy atom. The second-order valence-corrected chi connectivity index (χ2v) is 9.86. The summed E-state index contributed by atoms with van der Waals surface area (Å²) < 4.78 is 37.8. The predicted molar refractivity (Wildman–Crippen MR) is 112 cm³/mol. The average Bonchev–Trinajstić information content (AvgIpc) is 3.28. The van der Waals surface area contributed by atoms with Crippen LogP contribution in [-0.4, -0.2) is 45.9 Å².